The van der Waals surface area contributed by atoms with E-state index in [1.807, 2.05) is 6.07 Å². The number of hydrogen-bond acceptors (Lipinski definition) is 3. The van der Waals surface area contributed by atoms with Crippen LogP contribution in [0.3, 0.4) is 0 Å². The predicted octanol–water partition coefficient (Wildman–Crippen LogP) is 4.05. The summed E-state index contributed by atoms with van der Waals surface area (Å²) < 4.78 is 5.18. The summed E-state index contributed by atoms with van der Waals surface area (Å²) in [4.78, 5) is 11.8. The third-order valence-corrected chi connectivity index (χ3v) is 7.00. The number of aliphatic hydroxyl groups is 1. The quantitative estimate of drug-likeness (QED) is 0.873. The van der Waals surface area contributed by atoms with Crippen LogP contribution in [0.15, 0.2) is 34.7 Å². The number of furan rings is 1. The maximum Gasteiger partial charge on any atom is 0.331 e. The third-order valence-electron chi connectivity index (χ3n) is 7.00. The normalized spacial score (nSPS) is 39.2. The minimum absolute atomic E-state index is 0.000208. The van der Waals surface area contributed by atoms with Crippen molar-refractivity contribution in [2.45, 2.75) is 59.0 Å². The molecule has 0 radical (unpaired) electrons. The molecule has 1 saturated carbocycles. The smallest absolute Gasteiger partial charge is 0.331 e. The van der Waals surface area contributed by atoms with Crippen LogP contribution in [-0.2, 0) is 11.2 Å². The lowest BCUT2D eigenvalue weighted by atomic mass is 9.46. The Labute approximate surface area is 143 Å². The van der Waals surface area contributed by atoms with Gasteiger partial charge in [-0.3, -0.25) is 0 Å². The number of hydrogen-bond donors (Lipinski definition) is 2. The Morgan fingerprint density at radius 1 is 1.42 bits per heavy atom. The van der Waals surface area contributed by atoms with Gasteiger partial charge in [0.2, 0.25) is 0 Å². The zero-order valence-corrected chi connectivity index (χ0v) is 14.8. The number of aliphatic carboxylic acids is 1. The molecule has 0 unspecified atom stereocenters. The van der Waals surface area contributed by atoms with Crippen molar-refractivity contribution in [3.63, 3.8) is 0 Å². The van der Waals surface area contributed by atoms with Crippen LogP contribution < -0.4 is 0 Å². The van der Waals surface area contributed by atoms with Gasteiger partial charge < -0.3 is 14.6 Å². The van der Waals surface area contributed by atoms with Crippen LogP contribution in [0.1, 0.15) is 52.0 Å². The lowest BCUT2D eigenvalue weighted by Gasteiger charge is -2.58. The zero-order chi connectivity index (χ0) is 17.5. The van der Waals surface area contributed by atoms with E-state index in [9.17, 15) is 15.0 Å². The number of carboxylic acid groups (broad SMARTS) is 1. The van der Waals surface area contributed by atoms with Gasteiger partial charge in [0, 0.05) is 11.0 Å². The monoisotopic (exact) mass is 332 g/mol. The molecular formula is C20H28O4. The minimum Gasteiger partial charge on any atom is -0.478 e. The number of fused-ring (bicyclic) bond motifs is 1. The van der Waals surface area contributed by atoms with Gasteiger partial charge in [-0.25, -0.2) is 4.79 Å². The Morgan fingerprint density at radius 2 is 2.17 bits per heavy atom. The van der Waals surface area contributed by atoms with Gasteiger partial charge in [0.1, 0.15) is 0 Å². The summed E-state index contributed by atoms with van der Waals surface area (Å²) >= 11 is 0. The van der Waals surface area contributed by atoms with Gasteiger partial charge in [-0.05, 0) is 67.1 Å². The van der Waals surface area contributed by atoms with E-state index < -0.39 is 12.1 Å². The molecule has 3 rings (SSSR count). The van der Waals surface area contributed by atoms with Crippen molar-refractivity contribution in [3.05, 3.63) is 35.8 Å². The molecule has 2 aliphatic carbocycles. The van der Waals surface area contributed by atoms with Crippen LogP contribution >= 0.6 is 0 Å². The van der Waals surface area contributed by atoms with Crippen LogP contribution in [0, 0.1) is 22.7 Å². The first-order chi connectivity index (χ1) is 11.3. The molecule has 5 atom stereocenters. The molecule has 4 nitrogen and oxygen atoms in total. The fourth-order valence-corrected chi connectivity index (χ4v) is 5.22. The molecular weight excluding hydrogens is 304 g/mol. The van der Waals surface area contributed by atoms with Crippen molar-refractivity contribution < 1.29 is 19.4 Å². The van der Waals surface area contributed by atoms with Crippen molar-refractivity contribution in [2.75, 3.05) is 0 Å². The predicted molar refractivity (Wildman–Crippen MR) is 91.5 cm³/mol. The molecule has 0 amide bonds. The van der Waals surface area contributed by atoms with E-state index in [1.165, 1.54) is 5.56 Å². The molecule has 1 heterocycles. The lowest BCUT2D eigenvalue weighted by Crippen LogP contribution is -2.53. The van der Waals surface area contributed by atoms with E-state index >= 15 is 0 Å². The Morgan fingerprint density at radius 3 is 2.79 bits per heavy atom. The van der Waals surface area contributed by atoms with E-state index in [2.05, 4.69) is 20.8 Å². The second-order valence-electron chi connectivity index (χ2n) is 8.24. The molecule has 1 fully saturated rings. The van der Waals surface area contributed by atoms with Crippen LogP contribution in [-0.4, -0.2) is 22.3 Å². The summed E-state index contributed by atoms with van der Waals surface area (Å²) in [6.45, 7) is 6.66. The molecule has 0 spiro atoms. The molecule has 24 heavy (non-hydrogen) atoms. The van der Waals surface area contributed by atoms with Gasteiger partial charge in [0.15, 0.2) is 0 Å². The number of carboxylic acids is 1. The van der Waals surface area contributed by atoms with Crippen molar-refractivity contribution in [2.24, 2.45) is 22.7 Å². The van der Waals surface area contributed by atoms with Crippen molar-refractivity contribution in [3.8, 4) is 0 Å². The standard InChI is InChI=1S/C20H28O4/c1-13-4-7-20(3)16(18(22)23)10-15(21)11-17(20)19(13,2)8-5-14-6-9-24-12-14/h6,9-10,12-13,15,17,21H,4-5,7-8,11H2,1-3H3,(H,22,23)/t13-,15-,17-,19+,20-/m1/s1. The number of aliphatic hydroxyl groups excluding tert-OH is 1. The highest BCUT2D eigenvalue weighted by atomic mass is 16.4. The van der Waals surface area contributed by atoms with Crippen molar-refractivity contribution >= 4 is 5.97 Å². The molecule has 2 aliphatic rings. The number of aryl methyl sites for hydroxylation is 1. The summed E-state index contributed by atoms with van der Waals surface area (Å²) in [7, 11) is 0. The molecule has 0 bridgehead atoms. The molecule has 132 valence electrons. The average Bonchev–Trinajstić information content (AvgIpc) is 3.04. The van der Waals surface area contributed by atoms with Crippen LogP contribution in [0.5, 0.6) is 0 Å². The van der Waals surface area contributed by atoms with Crippen LogP contribution in [0.2, 0.25) is 0 Å². The fourth-order valence-electron chi connectivity index (χ4n) is 5.22. The molecule has 1 aromatic rings. The van der Waals surface area contributed by atoms with E-state index in [0.717, 1.165) is 25.7 Å². The van der Waals surface area contributed by atoms with E-state index in [0.29, 0.717) is 17.9 Å². The fraction of sp³-hybridized carbons (Fsp3) is 0.650. The van der Waals surface area contributed by atoms with Gasteiger partial charge in [-0.2, -0.15) is 0 Å². The first-order valence-corrected chi connectivity index (χ1v) is 8.92. The second-order valence-corrected chi connectivity index (χ2v) is 8.24. The van der Waals surface area contributed by atoms with Gasteiger partial charge in [0.25, 0.3) is 0 Å². The van der Waals surface area contributed by atoms with E-state index in [1.54, 1.807) is 18.6 Å². The van der Waals surface area contributed by atoms with Crippen molar-refractivity contribution in [1.82, 2.24) is 0 Å². The van der Waals surface area contributed by atoms with Gasteiger partial charge in [0.05, 0.1) is 18.6 Å². The Hall–Kier alpha value is -1.55. The molecule has 1 aromatic heterocycles. The maximum absolute atomic E-state index is 11.8. The van der Waals surface area contributed by atoms with Gasteiger partial charge in [-0.1, -0.05) is 20.8 Å². The summed E-state index contributed by atoms with van der Waals surface area (Å²) in [6, 6.07) is 1.99. The molecule has 0 saturated heterocycles. The summed E-state index contributed by atoms with van der Waals surface area (Å²) in [5, 5.41) is 20.0. The first-order valence-electron chi connectivity index (χ1n) is 8.92. The van der Waals surface area contributed by atoms with Crippen LogP contribution in [0.25, 0.3) is 0 Å². The Kier molecular flexibility index (Phi) is 4.37. The highest BCUT2D eigenvalue weighted by Gasteiger charge is 2.56. The summed E-state index contributed by atoms with van der Waals surface area (Å²) in [6.07, 6.45) is 8.86. The van der Waals surface area contributed by atoms with E-state index in [4.69, 9.17) is 4.42 Å². The number of rotatable bonds is 4. The van der Waals surface area contributed by atoms with Crippen molar-refractivity contribution in [1.29, 1.82) is 0 Å². The Balaban J connectivity index is 1.93. The summed E-state index contributed by atoms with van der Waals surface area (Å²) in [5.74, 6) is -0.206. The maximum atomic E-state index is 11.8. The topological polar surface area (TPSA) is 70.7 Å². The first kappa shape index (κ1) is 17.3. The lowest BCUT2D eigenvalue weighted by molar-refractivity contribution is -0.138. The Bertz CT molecular complexity index is 632. The molecule has 4 heteroatoms. The zero-order valence-electron chi connectivity index (χ0n) is 14.8. The highest BCUT2D eigenvalue weighted by Crippen LogP contribution is 2.61. The SMILES string of the molecule is C[C@@H]1CC[C@]2(C)C(C(=O)O)=C[C@@H](O)C[C@@H]2[C@@]1(C)CCc1ccoc1. The van der Waals surface area contributed by atoms with Crippen LogP contribution in [0.4, 0.5) is 0 Å². The van der Waals surface area contributed by atoms with Gasteiger partial charge >= 0.3 is 5.97 Å². The second kappa shape index (κ2) is 6.07. The van der Waals surface area contributed by atoms with E-state index in [-0.39, 0.29) is 16.7 Å². The summed E-state index contributed by atoms with van der Waals surface area (Å²) in [5.41, 5.74) is 1.23. The molecule has 0 aliphatic heterocycles. The average molecular weight is 332 g/mol. The van der Waals surface area contributed by atoms with Gasteiger partial charge in [-0.15, -0.1) is 0 Å². The molecule has 0 aromatic carbocycles. The molecule has 2 N–H and O–H groups in total. The highest BCUT2D eigenvalue weighted by molar-refractivity contribution is 5.88. The number of carbonyl (C=O) groups is 1. The minimum atomic E-state index is -0.881. The third kappa shape index (κ3) is 2.71. The largest absolute Gasteiger partial charge is 0.478 e.